The van der Waals surface area contributed by atoms with Crippen LogP contribution in [0.1, 0.15) is 6.42 Å². The number of Topliss-reactive ketones (excluding diaryl/α,β-unsaturated/α-hetero) is 1. The number of benzene rings is 1. The van der Waals surface area contributed by atoms with Crippen molar-refractivity contribution in [1.82, 2.24) is 10.7 Å². The quantitative estimate of drug-likeness (QED) is 0.732. The highest BCUT2D eigenvalue weighted by atomic mass is 16.5. The molecule has 0 spiro atoms. The van der Waals surface area contributed by atoms with E-state index in [1.807, 2.05) is 24.3 Å². The zero-order valence-electron chi connectivity index (χ0n) is 12.4. The second-order valence-corrected chi connectivity index (χ2v) is 5.31. The van der Waals surface area contributed by atoms with E-state index in [1.54, 1.807) is 18.2 Å². The molecule has 116 valence electrons. The number of ketones is 1. The highest BCUT2D eigenvalue weighted by Crippen LogP contribution is 2.28. The van der Waals surface area contributed by atoms with Crippen molar-refractivity contribution >= 4 is 11.5 Å². The van der Waals surface area contributed by atoms with Crippen LogP contribution in [-0.2, 0) is 4.79 Å². The fourth-order valence-electron chi connectivity index (χ4n) is 2.70. The van der Waals surface area contributed by atoms with E-state index in [9.17, 15) is 9.90 Å². The minimum atomic E-state index is -0.0214. The molecule has 6 heteroatoms. The van der Waals surface area contributed by atoms with Gasteiger partial charge < -0.3 is 15.2 Å². The summed E-state index contributed by atoms with van der Waals surface area (Å²) < 4.78 is 5.15. The fourth-order valence-corrected chi connectivity index (χ4v) is 2.70. The first-order valence-electron chi connectivity index (χ1n) is 7.25. The smallest absolute Gasteiger partial charge is 0.185 e. The zero-order valence-corrected chi connectivity index (χ0v) is 12.4. The Morgan fingerprint density at radius 2 is 2.18 bits per heavy atom. The summed E-state index contributed by atoms with van der Waals surface area (Å²) in [6.07, 6.45) is 3.47. The third-order valence-electron chi connectivity index (χ3n) is 3.93. The van der Waals surface area contributed by atoms with Crippen molar-refractivity contribution in [3.05, 3.63) is 48.0 Å². The Morgan fingerprint density at radius 1 is 1.41 bits per heavy atom. The average molecular weight is 301 g/mol. The Hall–Kier alpha value is -2.47. The highest BCUT2D eigenvalue weighted by Gasteiger charge is 2.32. The molecule has 3 rings (SSSR count). The van der Waals surface area contributed by atoms with Gasteiger partial charge in [-0.15, -0.1) is 0 Å². The molecule has 0 aromatic heterocycles. The standard InChI is InChI=1S/C16H19N3O3/c1-22-14-4-2-13(3-5-14)19-15(8-12(10-20)18-19)16(21)11-6-7-17-9-11/h2-5,8,10-11,17-18,20H,6-7,9H2,1H3. The van der Waals surface area contributed by atoms with Gasteiger partial charge >= 0.3 is 0 Å². The van der Waals surface area contributed by atoms with Gasteiger partial charge in [0, 0.05) is 12.5 Å². The number of carbonyl (C=O) groups is 1. The van der Waals surface area contributed by atoms with E-state index in [0.29, 0.717) is 17.9 Å². The van der Waals surface area contributed by atoms with Crippen molar-refractivity contribution in [2.75, 3.05) is 25.2 Å². The number of allylic oxidation sites excluding steroid dienone is 2. The normalized spacial score (nSPS) is 22.6. The van der Waals surface area contributed by atoms with Gasteiger partial charge in [0.2, 0.25) is 0 Å². The molecule has 2 heterocycles. The second-order valence-electron chi connectivity index (χ2n) is 5.31. The molecular formula is C16H19N3O3. The highest BCUT2D eigenvalue weighted by molar-refractivity contribution is 6.01. The van der Waals surface area contributed by atoms with Crippen molar-refractivity contribution in [3.63, 3.8) is 0 Å². The van der Waals surface area contributed by atoms with Crippen LogP contribution in [0.5, 0.6) is 5.75 Å². The molecule has 1 saturated heterocycles. The van der Waals surface area contributed by atoms with Gasteiger partial charge in [-0.1, -0.05) is 0 Å². The van der Waals surface area contributed by atoms with Gasteiger partial charge in [-0.2, -0.15) is 0 Å². The van der Waals surface area contributed by atoms with Gasteiger partial charge in [-0.05, 0) is 43.3 Å². The third kappa shape index (κ3) is 2.65. The van der Waals surface area contributed by atoms with Gasteiger partial charge in [0.25, 0.3) is 0 Å². The molecule has 3 N–H and O–H groups in total. The minimum Gasteiger partial charge on any atom is -0.513 e. The molecule has 1 aromatic rings. The van der Waals surface area contributed by atoms with Crippen LogP contribution in [0.25, 0.3) is 0 Å². The summed E-state index contributed by atoms with van der Waals surface area (Å²) in [5, 5.41) is 14.1. The summed E-state index contributed by atoms with van der Waals surface area (Å²) >= 11 is 0. The lowest BCUT2D eigenvalue weighted by molar-refractivity contribution is -0.118. The van der Waals surface area contributed by atoms with Gasteiger partial charge in [0.1, 0.15) is 17.7 Å². The molecule has 2 aliphatic rings. The summed E-state index contributed by atoms with van der Waals surface area (Å²) in [5.41, 5.74) is 4.86. The molecule has 22 heavy (non-hydrogen) atoms. The van der Waals surface area contributed by atoms with E-state index in [0.717, 1.165) is 30.7 Å². The van der Waals surface area contributed by atoms with E-state index in [1.165, 1.54) is 0 Å². The Morgan fingerprint density at radius 3 is 2.77 bits per heavy atom. The van der Waals surface area contributed by atoms with E-state index < -0.39 is 0 Å². The fraction of sp³-hybridized carbons (Fsp3) is 0.312. The number of hydrogen-bond donors (Lipinski definition) is 3. The van der Waals surface area contributed by atoms with E-state index >= 15 is 0 Å². The monoisotopic (exact) mass is 301 g/mol. The van der Waals surface area contributed by atoms with Crippen LogP contribution in [0.15, 0.2) is 48.0 Å². The number of hydrogen-bond acceptors (Lipinski definition) is 6. The Balaban J connectivity index is 1.88. The van der Waals surface area contributed by atoms with E-state index in [4.69, 9.17) is 4.74 Å². The van der Waals surface area contributed by atoms with Gasteiger partial charge in [0.05, 0.1) is 18.5 Å². The third-order valence-corrected chi connectivity index (χ3v) is 3.93. The van der Waals surface area contributed by atoms with Gasteiger partial charge in [-0.3, -0.25) is 15.2 Å². The predicted molar refractivity (Wildman–Crippen MR) is 83.4 cm³/mol. The molecular weight excluding hydrogens is 282 g/mol. The summed E-state index contributed by atoms with van der Waals surface area (Å²) in [6, 6.07) is 7.38. The SMILES string of the molecule is COc1ccc(N2NC(=CO)C=C2C(=O)C2CCNC2)cc1. The van der Waals surface area contributed by atoms with Crippen LogP contribution < -0.4 is 20.5 Å². The summed E-state index contributed by atoms with van der Waals surface area (Å²) in [5.74, 6) is 0.801. The second kappa shape index (κ2) is 6.11. The molecule has 6 nitrogen and oxygen atoms in total. The number of nitrogens with zero attached hydrogens (tertiary/aromatic N) is 1. The van der Waals surface area contributed by atoms with Crippen LogP contribution in [-0.4, -0.2) is 31.1 Å². The van der Waals surface area contributed by atoms with Crippen molar-refractivity contribution < 1.29 is 14.6 Å². The van der Waals surface area contributed by atoms with Crippen molar-refractivity contribution in [2.24, 2.45) is 5.92 Å². The van der Waals surface area contributed by atoms with E-state index in [2.05, 4.69) is 10.7 Å². The number of rotatable bonds is 4. The van der Waals surface area contributed by atoms with Crippen LogP contribution in [0.4, 0.5) is 5.69 Å². The number of nitrogens with one attached hydrogen (secondary N) is 2. The summed E-state index contributed by atoms with van der Waals surface area (Å²) in [7, 11) is 1.61. The Bertz CT molecular complexity index is 616. The number of carbonyl (C=O) groups excluding carboxylic acids is 1. The predicted octanol–water partition coefficient (Wildman–Crippen LogP) is 1.48. The molecule has 1 aromatic carbocycles. The zero-order chi connectivity index (χ0) is 15.5. The van der Waals surface area contributed by atoms with Gasteiger partial charge in [-0.25, -0.2) is 0 Å². The first-order chi connectivity index (χ1) is 10.7. The van der Waals surface area contributed by atoms with Crippen LogP contribution >= 0.6 is 0 Å². The molecule has 0 radical (unpaired) electrons. The molecule has 0 amide bonds. The first kappa shape index (κ1) is 14.5. The van der Waals surface area contributed by atoms with Gasteiger partial charge in [0.15, 0.2) is 5.78 Å². The number of methoxy groups -OCH3 is 1. The largest absolute Gasteiger partial charge is 0.513 e. The van der Waals surface area contributed by atoms with Crippen molar-refractivity contribution in [2.45, 2.75) is 6.42 Å². The lowest BCUT2D eigenvalue weighted by atomic mass is 10.0. The molecule has 2 aliphatic heterocycles. The van der Waals surface area contributed by atoms with Crippen LogP contribution in [0.2, 0.25) is 0 Å². The number of anilines is 1. The summed E-state index contributed by atoms with van der Waals surface area (Å²) in [4.78, 5) is 12.7. The average Bonchev–Trinajstić information content (AvgIpc) is 3.23. The molecule has 1 fully saturated rings. The minimum absolute atomic E-state index is 0.0214. The lowest BCUT2D eigenvalue weighted by Crippen LogP contribution is -2.36. The Kier molecular flexibility index (Phi) is 4.02. The molecule has 0 saturated carbocycles. The topological polar surface area (TPSA) is 73.8 Å². The molecule has 0 aliphatic carbocycles. The van der Waals surface area contributed by atoms with Crippen LogP contribution in [0.3, 0.4) is 0 Å². The number of aliphatic hydroxyl groups is 1. The maximum Gasteiger partial charge on any atom is 0.185 e. The lowest BCUT2D eigenvalue weighted by Gasteiger charge is -2.23. The summed E-state index contributed by atoms with van der Waals surface area (Å²) in [6.45, 7) is 1.56. The van der Waals surface area contributed by atoms with Crippen LogP contribution in [0, 0.1) is 5.92 Å². The maximum atomic E-state index is 12.7. The molecule has 1 atom stereocenters. The number of hydrazine groups is 1. The Labute approximate surface area is 129 Å². The maximum absolute atomic E-state index is 12.7. The molecule has 1 unspecified atom stereocenters. The first-order valence-corrected chi connectivity index (χ1v) is 7.25. The number of aliphatic hydroxyl groups excluding tert-OH is 1. The number of ether oxygens (including phenoxy) is 1. The van der Waals surface area contributed by atoms with Crippen molar-refractivity contribution in [1.29, 1.82) is 0 Å². The van der Waals surface area contributed by atoms with Crippen molar-refractivity contribution in [3.8, 4) is 5.75 Å². The van der Waals surface area contributed by atoms with E-state index in [-0.39, 0.29) is 11.7 Å². The molecule has 0 bridgehead atoms.